The van der Waals surface area contributed by atoms with Crippen LogP contribution in [0.5, 0.6) is 0 Å². The number of thiazole rings is 1. The van der Waals surface area contributed by atoms with E-state index in [0.717, 1.165) is 48.3 Å². The van der Waals surface area contributed by atoms with Crippen LogP contribution in [0.2, 0.25) is 0 Å². The van der Waals surface area contributed by atoms with Crippen molar-refractivity contribution in [2.24, 2.45) is 0 Å². The van der Waals surface area contributed by atoms with Gasteiger partial charge in [0.05, 0.1) is 0 Å². The minimum absolute atomic E-state index is 0.568. The molecule has 0 amide bonds. The highest BCUT2D eigenvalue weighted by Gasteiger charge is 2.05. The van der Waals surface area contributed by atoms with E-state index in [-0.39, 0.29) is 0 Å². The maximum atomic E-state index is 4.55. The lowest BCUT2D eigenvalue weighted by Gasteiger charge is -2.18. The van der Waals surface area contributed by atoms with Gasteiger partial charge in [-0.1, -0.05) is 19.9 Å². The molecule has 0 atom stereocenters. The molecule has 2 aromatic heterocycles. The van der Waals surface area contributed by atoms with Crippen molar-refractivity contribution in [3.63, 3.8) is 0 Å². The summed E-state index contributed by atoms with van der Waals surface area (Å²) in [6, 6.07) is 10.0. The fraction of sp³-hybridized carbons (Fsp3) is 0.316. The highest BCUT2D eigenvalue weighted by Crippen LogP contribution is 2.22. The molecule has 0 aliphatic rings. The van der Waals surface area contributed by atoms with Crippen LogP contribution in [-0.2, 0) is 0 Å². The van der Waals surface area contributed by atoms with Crippen molar-refractivity contribution in [3.05, 3.63) is 48.1 Å². The average molecular weight is 369 g/mol. The Kier molecular flexibility index (Phi) is 6.51. The van der Waals surface area contributed by atoms with Crippen LogP contribution in [0.15, 0.2) is 48.1 Å². The number of nitrogens with one attached hydrogen (secondary N) is 2. The van der Waals surface area contributed by atoms with Gasteiger partial charge in [0.15, 0.2) is 0 Å². The first-order valence-electron chi connectivity index (χ1n) is 8.84. The number of rotatable bonds is 9. The van der Waals surface area contributed by atoms with Crippen molar-refractivity contribution in [1.29, 1.82) is 0 Å². The second kappa shape index (κ2) is 9.26. The Morgan fingerprint density at radius 1 is 1.04 bits per heavy atom. The molecule has 26 heavy (non-hydrogen) atoms. The third kappa shape index (κ3) is 5.00. The minimum Gasteiger partial charge on any atom is -0.384 e. The molecule has 6 nitrogen and oxygen atoms in total. The lowest BCUT2D eigenvalue weighted by molar-refractivity contribution is 0.316. The molecule has 2 heterocycles. The van der Waals surface area contributed by atoms with E-state index in [1.54, 1.807) is 23.7 Å². The molecule has 136 valence electrons. The van der Waals surface area contributed by atoms with Gasteiger partial charge in [-0.15, -0.1) is 11.3 Å². The number of benzene rings is 1. The monoisotopic (exact) mass is 368 g/mol. The maximum Gasteiger partial charge on any atom is 0.227 e. The standard InChI is InChI=1S/C19H24N6S/c1-3-25(4-2)12-10-20-15-6-5-7-16(14-15)23-19-22-9-8-17(24-19)18-21-11-13-26-18/h5-9,11,13-14,20H,3-4,10,12H2,1-2H3,(H,22,23,24). The number of likely N-dealkylation sites (N-methyl/N-ethyl adjacent to an activating group) is 1. The molecule has 0 fully saturated rings. The molecule has 0 aliphatic heterocycles. The highest BCUT2D eigenvalue weighted by atomic mass is 32.1. The predicted molar refractivity (Wildman–Crippen MR) is 109 cm³/mol. The topological polar surface area (TPSA) is 66.0 Å². The second-order valence-electron chi connectivity index (χ2n) is 5.76. The fourth-order valence-electron chi connectivity index (χ4n) is 2.62. The summed E-state index contributed by atoms with van der Waals surface area (Å²) in [5.74, 6) is 0.568. The molecule has 0 aliphatic carbocycles. The van der Waals surface area contributed by atoms with E-state index < -0.39 is 0 Å². The van der Waals surface area contributed by atoms with Crippen LogP contribution in [0.1, 0.15) is 13.8 Å². The average Bonchev–Trinajstić information content (AvgIpc) is 3.21. The largest absolute Gasteiger partial charge is 0.384 e. The Labute approximate surface area is 158 Å². The van der Waals surface area contributed by atoms with E-state index in [9.17, 15) is 0 Å². The summed E-state index contributed by atoms with van der Waals surface area (Å²) in [5.41, 5.74) is 2.86. The van der Waals surface area contributed by atoms with Gasteiger partial charge in [-0.2, -0.15) is 0 Å². The minimum atomic E-state index is 0.568. The van der Waals surface area contributed by atoms with Gasteiger partial charge in [0, 0.05) is 42.2 Å². The molecule has 0 saturated carbocycles. The van der Waals surface area contributed by atoms with Crippen LogP contribution in [0.4, 0.5) is 17.3 Å². The normalized spacial score (nSPS) is 10.9. The molecular weight excluding hydrogens is 344 g/mol. The molecule has 3 aromatic rings. The molecule has 0 unspecified atom stereocenters. The van der Waals surface area contributed by atoms with Crippen molar-refractivity contribution in [3.8, 4) is 10.7 Å². The zero-order valence-electron chi connectivity index (χ0n) is 15.1. The lowest BCUT2D eigenvalue weighted by atomic mass is 10.2. The Hall–Kier alpha value is -2.51. The van der Waals surface area contributed by atoms with Crippen molar-refractivity contribution in [2.45, 2.75) is 13.8 Å². The number of anilines is 3. The van der Waals surface area contributed by atoms with E-state index in [0.29, 0.717) is 5.95 Å². The summed E-state index contributed by atoms with van der Waals surface area (Å²) in [5, 5.41) is 9.58. The zero-order valence-corrected chi connectivity index (χ0v) is 16.0. The molecule has 0 bridgehead atoms. The van der Waals surface area contributed by atoms with Crippen molar-refractivity contribution in [2.75, 3.05) is 36.8 Å². The zero-order chi connectivity index (χ0) is 18.2. The second-order valence-corrected chi connectivity index (χ2v) is 6.66. The quantitative estimate of drug-likeness (QED) is 0.593. The lowest BCUT2D eigenvalue weighted by Crippen LogP contribution is -2.28. The van der Waals surface area contributed by atoms with Gasteiger partial charge in [0.1, 0.15) is 10.7 Å². The van der Waals surface area contributed by atoms with Gasteiger partial charge in [0.25, 0.3) is 0 Å². The van der Waals surface area contributed by atoms with E-state index >= 15 is 0 Å². The smallest absolute Gasteiger partial charge is 0.227 e. The molecule has 0 saturated heterocycles. The van der Waals surface area contributed by atoms with Crippen molar-refractivity contribution >= 4 is 28.7 Å². The van der Waals surface area contributed by atoms with Gasteiger partial charge in [0.2, 0.25) is 5.95 Å². The first kappa shape index (κ1) is 18.3. The van der Waals surface area contributed by atoms with Gasteiger partial charge >= 0.3 is 0 Å². The summed E-state index contributed by atoms with van der Waals surface area (Å²) in [4.78, 5) is 15.5. The summed E-state index contributed by atoms with van der Waals surface area (Å²) in [7, 11) is 0. The van der Waals surface area contributed by atoms with Gasteiger partial charge in [-0.3, -0.25) is 0 Å². The van der Waals surface area contributed by atoms with E-state index in [2.05, 4.69) is 56.5 Å². The predicted octanol–water partition coefficient (Wildman–Crippen LogP) is 4.10. The fourth-order valence-corrected chi connectivity index (χ4v) is 3.23. The number of hydrogen-bond acceptors (Lipinski definition) is 7. The van der Waals surface area contributed by atoms with Crippen LogP contribution in [0.25, 0.3) is 10.7 Å². The van der Waals surface area contributed by atoms with Gasteiger partial charge < -0.3 is 15.5 Å². The van der Waals surface area contributed by atoms with Crippen LogP contribution < -0.4 is 10.6 Å². The van der Waals surface area contributed by atoms with Gasteiger partial charge in [-0.05, 0) is 37.4 Å². The van der Waals surface area contributed by atoms with E-state index in [1.165, 1.54) is 0 Å². The van der Waals surface area contributed by atoms with Crippen LogP contribution in [-0.4, -0.2) is 46.0 Å². The maximum absolute atomic E-state index is 4.55. The van der Waals surface area contributed by atoms with Crippen LogP contribution in [0.3, 0.4) is 0 Å². The molecule has 7 heteroatoms. The summed E-state index contributed by atoms with van der Waals surface area (Å²) >= 11 is 1.57. The van der Waals surface area contributed by atoms with Crippen molar-refractivity contribution in [1.82, 2.24) is 19.9 Å². The summed E-state index contributed by atoms with van der Waals surface area (Å²) < 4.78 is 0. The number of aromatic nitrogens is 3. The molecule has 3 rings (SSSR count). The number of nitrogens with zero attached hydrogens (tertiary/aromatic N) is 4. The van der Waals surface area contributed by atoms with E-state index in [4.69, 9.17) is 0 Å². The van der Waals surface area contributed by atoms with Crippen LogP contribution in [0, 0.1) is 0 Å². The Morgan fingerprint density at radius 3 is 2.65 bits per heavy atom. The highest BCUT2D eigenvalue weighted by molar-refractivity contribution is 7.13. The molecule has 0 spiro atoms. The summed E-state index contributed by atoms with van der Waals surface area (Å²) in [6.45, 7) is 8.48. The third-order valence-electron chi connectivity index (χ3n) is 4.08. The Balaban J connectivity index is 1.63. The Bertz CT molecular complexity index is 801. The van der Waals surface area contributed by atoms with Gasteiger partial charge in [-0.25, -0.2) is 15.0 Å². The molecule has 0 radical (unpaired) electrons. The summed E-state index contributed by atoms with van der Waals surface area (Å²) in [6.07, 6.45) is 3.53. The van der Waals surface area contributed by atoms with Crippen LogP contribution >= 0.6 is 11.3 Å². The van der Waals surface area contributed by atoms with Crippen molar-refractivity contribution < 1.29 is 0 Å². The van der Waals surface area contributed by atoms with E-state index in [1.807, 2.05) is 23.6 Å². The first-order chi connectivity index (χ1) is 12.8. The third-order valence-corrected chi connectivity index (χ3v) is 4.87. The Morgan fingerprint density at radius 2 is 1.88 bits per heavy atom. The molecule has 1 aromatic carbocycles. The molecule has 2 N–H and O–H groups in total. The SMILES string of the molecule is CCN(CC)CCNc1cccc(Nc2nccc(-c3nccs3)n2)c1. The molecular formula is C19H24N6S. The first-order valence-corrected chi connectivity index (χ1v) is 9.72. The number of hydrogen-bond donors (Lipinski definition) is 2.